The van der Waals surface area contributed by atoms with Crippen molar-refractivity contribution in [2.24, 2.45) is 0 Å². The quantitative estimate of drug-likeness (QED) is 0.482. The molecule has 6 rings (SSSR count). The van der Waals surface area contributed by atoms with Gasteiger partial charge in [0.1, 0.15) is 30.2 Å². The van der Waals surface area contributed by atoms with E-state index in [9.17, 15) is 18.8 Å². The maximum Gasteiger partial charge on any atom is 0.318 e. The highest BCUT2D eigenvalue weighted by Gasteiger charge is 2.45. The molecule has 2 aromatic rings. The summed E-state index contributed by atoms with van der Waals surface area (Å²) in [5.74, 6) is -0.590. The summed E-state index contributed by atoms with van der Waals surface area (Å²) in [4.78, 5) is 27.8. The Labute approximate surface area is 243 Å². The van der Waals surface area contributed by atoms with E-state index >= 15 is 4.39 Å². The molecule has 222 valence electrons. The summed E-state index contributed by atoms with van der Waals surface area (Å²) in [7, 11) is 1.87. The number of fused-ring (bicyclic) bond motifs is 3. The van der Waals surface area contributed by atoms with Gasteiger partial charge in [-0.2, -0.15) is 15.2 Å². The second kappa shape index (κ2) is 11.2. The third-order valence-corrected chi connectivity index (χ3v) is 9.56. The monoisotopic (exact) mass is 580 g/mol. The number of hydrogen-bond acceptors (Lipinski definition) is 7. The summed E-state index contributed by atoms with van der Waals surface area (Å²) < 4.78 is 49.3. The lowest BCUT2D eigenvalue weighted by molar-refractivity contribution is -0.128. The first-order valence-corrected chi connectivity index (χ1v) is 14.6. The van der Waals surface area contributed by atoms with Crippen LogP contribution in [0.4, 0.5) is 19.0 Å². The van der Waals surface area contributed by atoms with Gasteiger partial charge in [-0.05, 0) is 62.4 Å². The Kier molecular flexibility index (Phi) is 7.60. The number of amides is 1. The number of benzene rings is 1. The van der Waals surface area contributed by atoms with Crippen LogP contribution in [0.5, 0.6) is 6.01 Å². The molecule has 4 aliphatic rings. The number of likely N-dealkylation sites (N-methyl/N-ethyl adjacent to an activating group) is 1. The largest absolute Gasteiger partial charge is 0.462 e. The van der Waals surface area contributed by atoms with Gasteiger partial charge >= 0.3 is 6.01 Å². The molecule has 1 amide bonds. The lowest BCUT2D eigenvalue weighted by Crippen LogP contribution is -2.55. The number of piperazine rings is 1. The number of halogens is 3. The number of alkyl halides is 1. The standard InChI is InChI=1S/C31H35F3N6O2/c1-3-27(41)40-11-10-39(17-22(40)6-9-35)29-24-5-8-31(7-4-19-12-20(32)14-25(34)28(19)31)15-26(24)36-30(37-29)42-18-23-13-21(33)16-38(23)2/h3,12,14,21-23H,1,4-8,10-11,13,15-18H2,2H3. The molecule has 0 N–H and O–H groups in total. The third-order valence-electron chi connectivity index (χ3n) is 9.56. The fourth-order valence-electron chi connectivity index (χ4n) is 7.45. The molecule has 42 heavy (non-hydrogen) atoms. The van der Waals surface area contributed by atoms with Crippen LogP contribution in [-0.2, 0) is 29.5 Å². The smallest absolute Gasteiger partial charge is 0.318 e. The van der Waals surface area contributed by atoms with Crippen LogP contribution in [-0.4, -0.2) is 83.8 Å². The van der Waals surface area contributed by atoms with Gasteiger partial charge < -0.3 is 14.5 Å². The van der Waals surface area contributed by atoms with E-state index in [1.165, 1.54) is 12.1 Å². The van der Waals surface area contributed by atoms with Crippen LogP contribution in [0.2, 0.25) is 0 Å². The molecular formula is C31H35F3N6O2. The predicted octanol–water partition coefficient (Wildman–Crippen LogP) is 3.67. The maximum absolute atomic E-state index is 15.2. The van der Waals surface area contributed by atoms with Crippen molar-refractivity contribution < 1.29 is 22.7 Å². The van der Waals surface area contributed by atoms with Crippen molar-refractivity contribution in [3.63, 3.8) is 0 Å². The number of carbonyl (C=O) groups is 1. The zero-order valence-electron chi connectivity index (χ0n) is 23.8. The van der Waals surface area contributed by atoms with Gasteiger partial charge in [-0.15, -0.1) is 0 Å². The fraction of sp³-hybridized carbons (Fsp3) is 0.548. The Morgan fingerprint density at radius 2 is 2.02 bits per heavy atom. The van der Waals surface area contributed by atoms with Crippen molar-refractivity contribution >= 4 is 11.7 Å². The highest BCUT2D eigenvalue weighted by atomic mass is 19.1. The number of hydrogen-bond donors (Lipinski definition) is 0. The first-order valence-electron chi connectivity index (χ1n) is 14.6. The number of anilines is 1. The van der Waals surface area contributed by atoms with Crippen LogP contribution in [0.3, 0.4) is 0 Å². The van der Waals surface area contributed by atoms with Gasteiger partial charge in [0.25, 0.3) is 0 Å². The molecule has 2 aliphatic carbocycles. The summed E-state index contributed by atoms with van der Waals surface area (Å²) in [6.07, 6.45) is 3.96. The lowest BCUT2D eigenvalue weighted by atomic mass is 9.69. The summed E-state index contributed by atoms with van der Waals surface area (Å²) in [6, 6.07) is 4.34. The first-order chi connectivity index (χ1) is 20.2. The second-order valence-electron chi connectivity index (χ2n) is 12.1. The Morgan fingerprint density at radius 1 is 1.21 bits per heavy atom. The SMILES string of the molecule is C=CC(=O)N1CCN(c2nc(OCC3CC(F)CN3C)nc3c2CCC2(CCc4cc(F)cc(F)c42)C3)CC1CC#N. The summed E-state index contributed by atoms with van der Waals surface area (Å²) in [5.41, 5.74) is 2.53. The molecule has 2 aliphatic heterocycles. The molecule has 1 spiro atoms. The van der Waals surface area contributed by atoms with E-state index in [4.69, 9.17) is 14.7 Å². The van der Waals surface area contributed by atoms with Crippen molar-refractivity contribution in [3.8, 4) is 12.1 Å². The van der Waals surface area contributed by atoms with Crippen LogP contribution < -0.4 is 9.64 Å². The zero-order chi connectivity index (χ0) is 29.6. The van der Waals surface area contributed by atoms with Gasteiger partial charge in [0.05, 0.1) is 24.2 Å². The Hall–Kier alpha value is -3.65. The minimum absolute atomic E-state index is 0.103. The number of ether oxygens (including phenoxy) is 1. The van der Waals surface area contributed by atoms with Gasteiger partial charge in [0.2, 0.25) is 5.91 Å². The number of aryl methyl sites for hydroxylation is 1. The van der Waals surface area contributed by atoms with Crippen molar-refractivity contribution in [2.75, 3.05) is 44.7 Å². The molecule has 8 nitrogen and oxygen atoms in total. The minimum Gasteiger partial charge on any atom is -0.462 e. The summed E-state index contributed by atoms with van der Waals surface area (Å²) in [5, 5.41) is 9.47. The number of likely N-dealkylation sites (tertiary alicyclic amines) is 1. The molecule has 0 radical (unpaired) electrons. The van der Waals surface area contributed by atoms with Gasteiger partial charge in [0.15, 0.2) is 0 Å². The Bertz CT molecular complexity index is 1450. The predicted molar refractivity (Wildman–Crippen MR) is 150 cm³/mol. The van der Waals surface area contributed by atoms with Gasteiger partial charge in [-0.25, -0.2) is 13.2 Å². The van der Waals surface area contributed by atoms with Crippen LogP contribution in [0.15, 0.2) is 24.8 Å². The van der Waals surface area contributed by atoms with Crippen LogP contribution >= 0.6 is 0 Å². The molecule has 0 saturated carbocycles. The minimum atomic E-state index is -0.905. The number of aromatic nitrogens is 2. The number of nitriles is 1. The number of rotatable bonds is 6. The van der Waals surface area contributed by atoms with Crippen molar-refractivity contribution in [1.82, 2.24) is 19.8 Å². The van der Waals surface area contributed by atoms with E-state index in [0.29, 0.717) is 81.6 Å². The Morgan fingerprint density at radius 3 is 2.76 bits per heavy atom. The molecule has 4 unspecified atom stereocenters. The van der Waals surface area contributed by atoms with E-state index in [1.54, 1.807) is 4.90 Å². The van der Waals surface area contributed by atoms with Crippen LogP contribution in [0.1, 0.15) is 48.1 Å². The van der Waals surface area contributed by atoms with E-state index in [1.807, 2.05) is 11.9 Å². The van der Waals surface area contributed by atoms with E-state index < -0.39 is 23.2 Å². The highest BCUT2D eigenvalue weighted by molar-refractivity contribution is 5.87. The third kappa shape index (κ3) is 5.10. The first kappa shape index (κ1) is 28.5. The molecule has 4 atom stereocenters. The van der Waals surface area contributed by atoms with Gasteiger partial charge in [0, 0.05) is 55.7 Å². The van der Waals surface area contributed by atoms with Crippen molar-refractivity contribution in [1.29, 1.82) is 5.26 Å². The molecule has 1 aromatic heterocycles. The normalized spacial score (nSPS) is 27.1. The van der Waals surface area contributed by atoms with Crippen LogP contribution in [0, 0.1) is 23.0 Å². The van der Waals surface area contributed by atoms with Gasteiger partial charge in [-0.3, -0.25) is 9.69 Å². The average Bonchev–Trinajstić information content (AvgIpc) is 3.48. The maximum atomic E-state index is 15.2. The molecule has 3 heterocycles. The number of carbonyl (C=O) groups excluding carboxylic acids is 1. The number of nitrogens with zero attached hydrogens (tertiary/aromatic N) is 6. The van der Waals surface area contributed by atoms with Gasteiger partial charge in [-0.1, -0.05) is 6.58 Å². The molecule has 11 heteroatoms. The topological polar surface area (TPSA) is 85.6 Å². The fourth-order valence-corrected chi connectivity index (χ4v) is 7.45. The van der Waals surface area contributed by atoms with E-state index in [2.05, 4.69) is 17.5 Å². The Balaban J connectivity index is 1.35. The molecule has 2 fully saturated rings. The van der Waals surface area contributed by atoms with Crippen LogP contribution in [0.25, 0.3) is 0 Å². The van der Waals surface area contributed by atoms with E-state index in [-0.39, 0.29) is 37.0 Å². The molecule has 2 saturated heterocycles. The molecule has 0 bridgehead atoms. The molecule has 1 aromatic carbocycles. The summed E-state index contributed by atoms with van der Waals surface area (Å²) in [6.45, 7) is 5.51. The second-order valence-corrected chi connectivity index (χ2v) is 12.1. The average molecular weight is 581 g/mol. The van der Waals surface area contributed by atoms with Crippen molar-refractivity contribution in [2.45, 2.75) is 68.6 Å². The zero-order valence-corrected chi connectivity index (χ0v) is 23.8. The lowest BCUT2D eigenvalue weighted by Gasteiger charge is -2.42. The van der Waals surface area contributed by atoms with Crippen molar-refractivity contribution in [3.05, 3.63) is 58.8 Å². The molecular weight excluding hydrogens is 545 g/mol. The highest BCUT2D eigenvalue weighted by Crippen LogP contribution is 2.50. The van der Waals surface area contributed by atoms with E-state index in [0.717, 1.165) is 17.3 Å². The summed E-state index contributed by atoms with van der Waals surface area (Å²) >= 11 is 0.